The van der Waals surface area contributed by atoms with Gasteiger partial charge in [-0.2, -0.15) is 0 Å². The van der Waals surface area contributed by atoms with Crippen molar-refractivity contribution in [2.24, 2.45) is 0 Å². The van der Waals surface area contributed by atoms with Gasteiger partial charge in [0.15, 0.2) is 0 Å². The summed E-state index contributed by atoms with van der Waals surface area (Å²) in [5.41, 5.74) is 2.98. The SMILES string of the molecule is CCC/C=C/c1c(C)c(O)c(C)c(C)c1O. The lowest BCUT2D eigenvalue weighted by Gasteiger charge is -2.13. The van der Waals surface area contributed by atoms with E-state index in [4.69, 9.17) is 0 Å². The Bertz CT molecular complexity index is 388. The lowest BCUT2D eigenvalue weighted by Crippen LogP contribution is -1.91. The van der Waals surface area contributed by atoms with Crippen LogP contribution < -0.4 is 0 Å². The van der Waals surface area contributed by atoms with Crippen LogP contribution in [0, 0.1) is 20.8 Å². The van der Waals surface area contributed by atoms with Gasteiger partial charge in [0.1, 0.15) is 11.5 Å². The molecule has 2 heteroatoms. The van der Waals surface area contributed by atoms with Gasteiger partial charge < -0.3 is 10.2 Å². The molecule has 2 N–H and O–H groups in total. The third-order valence-corrected chi connectivity index (χ3v) is 3.03. The van der Waals surface area contributed by atoms with Crippen molar-refractivity contribution in [3.63, 3.8) is 0 Å². The molecule has 0 saturated carbocycles. The van der Waals surface area contributed by atoms with Gasteiger partial charge in [-0.25, -0.2) is 0 Å². The smallest absolute Gasteiger partial charge is 0.126 e. The van der Waals surface area contributed by atoms with E-state index in [2.05, 4.69) is 6.92 Å². The van der Waals surface area contributed by atoms with Gasteiger partial charge in [0.2, 0.25) is 0 Å². The molecule has 0 spiro atoms. The fourth-order valence-corrected chi connectivity index (χ4v) is 1.72. The van der Waals surface area contributed by atoms with E-state index >= 15 is 0 Å². The van der Waals surface area contributed by atoms with Gasteiger partial charge >= 0.3 is 0 Å². The standard InChI is InChI=1S/C14H20O2/c1-5-6-7-8-12-11(4)13(15)9(2)10(3)14(12)16/h7-8,15-16H,5-6H2,1-4H3/b8-7+. The Morgan fingerprint density at radius 1 is 0.938 bits per heavy atom. The first-order chi connectivity index (χ1) is 7.50. The van der Waals surface area contributed by atoms with Crippen LogP contribution in [-0.2, 0) is 0 Å². The van der Waals surface area contributed by atoms with Crippen molar-refractivity contribution < 1.29 is 10.2 Å². The summed E-state index contributed by atoms with van der Waals surface area (Å²) in [4.78, 5) is 0. The van der Waals surface area contributed by atoms with Crippen LogP contribution in [0.3, 0.4) is 0 Å². The zero-order chi connectivity index (χ0) is 12.3. The average molecular weight is 220 g/mol. The zero-order valence-corrected chi connectivity index (χ0v) is 10.5. The molecule has 0 saturated heterocycles. The maximum absolute atomic E-state index is 10.0. The minimum Gasteiger partial charge on any atom is -0.507 e. The molecular weight excluding hydrogens is 200 g/mol. The molecular formula is C14H20O2. The molecule has 0 aliphatic carbocycles. The maximum atomic E-state index is 10.0. The second-order valence-electron chi connectivity index (χ2n) is 4.18. The van der Waals surface area contributed by atoms with E-state index in [9.17, 15) is 10.2 Å². The van der Waals surface area contributed by atoms with E-state index in [-0.39, 0.29) is 11.5 Å². The zero-order valence-electron chi connectivity index (χ0n) is 10.5. The molecule has 16 heavy (non-hydrogen) atoms. The molecule has 0 unspecified atom stereocenters. The summed E-state index contributed by atoms with van der Waals surface area (Å²) in [6, 6.07) is 0. The van der Waals surface area contributed by atoms with Crippen LogP contribution in [0.2, 0.25) is 0 Å². The molecule has 0 atom stereocenters. The number of rotatable bonds is 3. The molecule has 0 aromatic heterocycles. The normalized spacial score (nSPS) is 11.2. The van der Waals surface area contributed by atoms with Gasteiger partial charge in [-0.3, -0.25) is 0 Å². The molecule has 0 aliphatic heterocycles. The Morgan fingerprint density at radius 2 is 1.50 bits per heavy atom. The number of allylic oxidation sites excluding steroid dienone is 1. The molecule has 2 nitrogen and oxygen atoms in total. The number of aromatic hydroxyl groups is 2. The number of hydrogen-bond acceptors (Lipinski definition) is 2. The Balaban J connectivity index is 3.29. The fourth-order valence-electron chi connectivity index (χ4n) is 1.72. The van der Waals surface area contributed by atoms with Crippen LogP contribution in [-0.4, -0.2) is 10.2 Å². The van der Waals surface area contributed by atoms with Crippen LogP contribution in [0.4, 0.5) is 0 Å². The molecule has 0 heterocycles. The predicted molar refractivity (Wildman–Crippen MR) is 67.9 cm³/mol. The molecule has 1 aromatic carbocycles. The average Bonchev–Trinajstić information content (AvgIpc) is 2.28. The molecule has 1 aromatic rings. The molecule has 1 rings (SSSR count). The van der Waals surface area contributed by atoms with Crippen LogP contribution in [0.15, 0.2) is 6.08 Å². The summed E-state index contributed by atoms with van der Waals surface area (Å²) >= 11 is 0. The summed E-state index contributed by atoms with van der Waals surface area (Å²) in [6.07, 6.45) is 5.97. The van der Waals surface area contributed by atoms with E-state index in [0.717, 1.165) is 35.1 Å². The second kappa shape index (κ2) is 5.06. The van der Waals surface area contributed by atoms with E-state index in [1.165, 1.54) is 0 Å². The molecule has 0 radical (unpaired) electrons. The van der Waals surface area contributed by atoms with Crippen molar-refractivity contribution in [1.82, 2.24) is 0 Å². The number of phenols is 2. The van der Waals surface area contributed by atoms with Crippen LogP contribution in [0.25, 0.3) is 6.08 Å². The Kier molecular flexibility index (Phi) is 3.99. The largest absolute Gasteiger partial charge is 0.507 e. The summed E-state index contributed by atoms with van der Waals surface area (Å²) < 4.78 is 0. The van der Waals surface area contributed by atoms with Gasteiger partial charge in [-0.05, 0) is 38.3 Å². The molecule has 0 bridgehead atoms. The Morgan fingerprint density at radius 3 is 2.06 bits per heavy atom. The number of phenolic OH excluding ortho intramolecular Hbond substituents is 2. The second-order valence-corrected chi connectivity index (χ2v) is 4.18. The molecule has 0 fully saturated rings. The highest BCUT2D eigenvalue weighted by atomic mass is 16.3. The van der Waals surface area contributed by atoms with Gasteiger partial charge in [0.05, 0.1) is 0 Å². The fraction of sp³-hybridized carbons (Fsp3) is 0.429. The number of hydrogen-bond donors (Lipinski definition) is 2. The number of benzene rings is 1. The Labute approximate surface area is 97.2 Å². The van der Waals surface area contributed by atoms with Crippen LogP contribution in [0.1, 0.15) is 42.0 Å². The van der Waals surface area contributed by atoms with E-state index in [1.807, 2.05) is 32.9 Å². The summed E-state index contributed by atoms with van der Waals surface area (Å²) in [5, 5.41) is 19.9. The van der Waals surface area contributed by atoms with Gasteiger partial charge in [0.25, 0.3) is 0 Å². The third-order valence-electron chi connectivity index (χ3n) is 3.03. The van der Waals surface area contributed by atoms with Crippen molar-refractivity contribution in [1.29, 1.82) is 0 Å². The number of unbranched alkanes of at least 4 members (excludes halogenated alkanes) is 1. The highest BCUT2D eigenvalue weighted by Crippen LogP contribution is 2.36. The Hall–Kier alpha value is -1.44. The molecule has 88 valence electrons. The minimum atomic E-state index is 0.278. The highest BCUT2D eigenvalue weighted by molar-refractivity contribution is 5.68. The van der Waals surface area contributed by atoms with Crippen molar-refractivity contribution in [2.75, 3.05) is 0 Å². The first-order valence-electron chi connectivity index (χ1n) is 5.68. The summed E-state index contributed by atoms with van der Waals surface area (Å²) in [5.74, 6) is 0.562. The monoisotopic (exact) mass is 220 g/mol. The topological polar surface area (TPSA) is 40.5 Å². The maximum Gasteiger partial charge on any atom is 0.126 e. The summed E-state index contributed by atoms with van der Waals surface area (Å²) in [7, 11) is 0. The highest BCUT2D eigenvalue weighted by Gasteiger charge is 2.13. The quantitative estimate of drug-likeness (QED) is 0.760. The molecule has 0 amide bonds. The first-order valence-corrected chi connectivity index (χ1v) is 5.68. The van der Waals surface area contributed by atoms with E-state index < -0.39 is 0 Å². The third kappa shape index (κ3) is 2.21. The lowest BCUT2D eigenvalue weighted by atomic mass is 9.97. The van der Waals surface area contributed by atoms with Crippen molar-refractivity contribution in [3.8, 4) is 11.5 Å². The van der Waals surface area contributed by atoms with E-state index in [0.29, 0.717) is 0 Å². The van der Waals surface area contributed by atoms with Gasteiger partial charge in [-0.1, -0.05) is 25.5 Å². The van der Waals surface area contributed by atoms with Crippen molar-refractivity contribution in [3.05, 3.63) is 28.3 Å². The van der Waals surface area contributed by atoms with Gasteiger partial charge in [-0.15, -0.1) is 0 Å². The van der Waals surface area contributed by atoms with Crippen LogP contribution >= 0.6 is 0 Å². The summed E-state index contributed by atoms with van der Waals surface area (Å²) in [6.45, 7) is 7.57. The van der Waals surface area contributed by atoms with E-state index in [1.54, 1.807) is 0 Å². The van der Waals surface area contributed by atoms with Crippen molar-refractivity contribution in [2.45, 2.75) is 40.5 Å². The van der Waals surface area contributed by atoms with Gasteiger partial charge in [0, 0.05) is 11.1 Å². The predicted octanol–water partition coefficient (Wildman–Crippen LogP) is 3.84. The van der Waals surface area contributed by atoms with Crippen molar-refractivity contribution >= 4 is 6.08 Å². The molecule has 0 aliphatic rings. The van der Waals surface area contributed by atoms with Crippen LogP contribution in [0.5, 0.6) is 11.5 Å². The minimum absolute atomic E-state index is 0.278. The lowest BCUT2D eigenvalue weighted by molar-refractivity contribution is 0.448. The first kappa shape index (κ1) is 12.6.